The summed E-state index contributed by atoms with van der Waals surface area (Å²) in [4.78, 5) is 15.6. The molecule has 0 amide bonds. The molecule has 0 aliphatic heterocycles. The van der Waals surface area contributed by atoms with Crippen LogP contribution in [0.5, 0.6) is 0 Å². The smallest absolute Gasteiger partial charge is 0.333 e. The quantitative estimate of drug-likeness (QED) is 0.883. The van der Waals surface area contributed by atoms with E-state index in [1.165, 1.54) is 0 Å². The van der Waals surface area contributed by atoms with E-state index in [0.717, 1.165) is 11.3 Å². The molecule has 1 unspecified atom stereocenters. The summed E-state index contributed by atoms with van der Waals surface area (Å²) in [6.07, 6.45) is 3.19. The predicted molar refractivity (Wildman–Crippen MR) is 74.0 cm³/mol. The van der Waals surface area contributed by atoms with Gasteiger partial charge in [0.25, 0.3) is 0 Å². The average Bonchev–Trinajstić information content (AvgIpc) is 2.42. The van der Waals surface area contributed by atoms with Gasteiger partial charge in [-0.05, 0) is 31.5 Å². The molecule has 0 fully saturated rings. The van der Waals surface area contributed by atoms with Crippen LogP contribution < -0.4 is 5.32 Å². The Hall–Kier alpha value is -2.36. The molecule has 1 heterocycles. The largest absolute Gasteiger partial charge is 0.479 e. The molecule has 0 saturated carbocycles. The van der Waals surface area contributed by atoms with Crippen LogP contribution in [-0.4, -0.2) is 16.1 Å². The molecule has 0 saturated heterocycles. The lowest BCUT2D eigenvalue weighted by Crippen LogP contribution is -2.40. The van der Waals surface area contributed by atoms with Gasteiger partial charge >= 0.3 is 5.97 Å². The summed E-state index contributed by atoms with van der Waals surface area (Å²) >= 11 is 0. The van der Waals surface area contributed by atoms with Crippen LogP contribution in [0.4, 0.5) is 5.69 Å². The van der Waals surface area contributed by atoms with Gasteiger partial charge in [0.15, 0.2) is 5.54 Å². The number of rotatable bonds is 4. The third-order valence-electron chi connectivity index (χ3n) is 3.20. The SMILES string of the molecule is Cc1ccccc1NC(C)(C(=O)O)c1cccnc1. The van der Waals surface area contributed by atoms with Gasteiger partial charge in [-0.15, -0.1) is 0 Å². The molecule has 0 bridgehead atoms. The number of pyridine rings is 1. The molecule has 1 aromatic carbocycles. The summed E-state index contributed by atoms with van der Waals surface area (Å²) in [7, 11) is 0. The zero-order valence-electron chi connectivity index (χ0n) is 10.9. The average molecular weight is 256 g/mol. The van der Waals surface area contributed by atoms with E-state index >= 15 is 0 Å². The fourth-order valence-electron chi connectivity index (χ4n) is 1.89. The first-order chi connectivity index (χ1) is 9.04. The van der Waals surface area contributed by atoms with Crippen LogP contribution >= 0.6 is 0 Å². The Balaban J connectivity index is 2.42. The first-order valence-corrected chi connectivity index (χ1v) is 6.02. The van der Waals surface area contributed by atoms with Crippen molar-refractivity contribution < 1.29 is 9.90 Å². The molecule has 1 atom stereocenters. The number of nitrogens with zero attached hydrogens (tertiary/aromatic N) is 1. The normalized spacial score (nSPS) is 13.6. The zero-order chi connectivity index (χ0) is 13.9. The van der Waals surface area contributed by atoms with Gasteiger partial charge in [-0.2, -0.15) is 0 Å². The number of hydrogen-bond acceptors (Lipinski definition) is 3. The molecule has 2 rings (SSSR count). The second-order valence-electron chi connectivity index (χ2n) is 4.61. The van der Waals surface area contributed by atoms with Crippen LogP contribution in [0.2, 0.25) is 0 Å². The Morgan fingerprint density at radius 2 is 2.00 bits per heavy atom. The predicted octanol–water partition coefficient (Wildman–Crippen LogP) is 2.80. The Morgan fingerprint density at radius 3 is 2.58 bits per heavy atom. The number of carbonyl (C=O) groups is 1. The monoisotopic (exact) mass is 256 g/mol. The van der Waals surface area contributed by atoms with Gasteiger partial charge in [0.05, 0.1) is 0 Å². The van der Waals surface area contributed by atoms with Crippen molar-refractivity contribution in [3.63, 3.8) is 0 Å². The van der Waals surface area contributed by atoms with E-state index < -0.39 is 11.5 Å². The maximum Gasteiger partial charge on any atom is 0.333 e. The van der Waals surface area contributed by atoms with Gasteiger partial charge in [0, 0.05) is 23.6 Å². The minimum atomic E-state index is -1.21. The standard InChI is InChI=1S/C15H16N2O2/c1-11-6-3-4-8-13(11)17-15(2,14(18)19)12-7-5-9-16-10-12/h3-10,17H,1-2H3,(H,18,19). The van der Waals surface area contributed by atoms with Crippen LogP contribution in [-0.2, 0) is 10.3 Å². The van der Waals surface area contributed by atoms with Gasteiger partial charge in [-0.1, -0.05) is 24.3 Å². The number of aromatic nitrogens is 1. The third kappa shape index (κ3) is 2.57. The third-order valence-corrected chi connectivity index (χ3v) is 3.20. The molecule has 0 aliphatic rings. The number of aliphatic carboxylic acids is 1. The lowest BCUT2D eigenvalue weighted by molar-refractivity contribution is -0.142. The van der Waals surface area contributed by atoms with Crippen molar-refractivity contribution in [3.8, 4) is 0 Å². The van der Waals surface area contributed by atoms with Crippen molar-refractivity contribution >= 4 is 11.7 Å². The van der Waals surface area contributed by atoms with Crippen LogP contribution in [0.3, 0.4) is 0 Å². The number of anilines is 1. The second kappa shape index (κ2) is 5.10. The summed E-state index contributed by atoms with van der Waals surface area (Å²) in [5.41, 5.74) is 1.21. The first-order valence-electron chi connectivity index (χ1n) is 6.02. The fraction of sp³-hybridized carbons (Fsp3) is 0.200. The van der Waals surface area contributed by atoms with E-state index in [2.05, 4.69) is 10.3 Å². The highest BCUT2D eigenvalue weighted by atomic mass is 16.4. The summed E-state index contributed by atoms with van der Waals surface area (Å²) in [6.45, 7) is 3.58. The van der Waals surface area contributed by atoms with Gasteiger partial charge in [-0.25, -0.2) is 4.79 Å². The number of benzene rings is 1. The van der Waals surface area contributed by atoms with Gasteiger partial charge < -0.3 is 10.4 Å². The molecule has 2 N–H and O–H groups in total. The summed E-state index contributed by atoms with van der Waals surface area (Å²) in [5, 5.41) is 12.6. The first kappa shape index (κ1) is 13.1. The van der Waals surface area contributed by atoms with E-state index in [1.807, 2.05) is 31.2 Å². The molecule has 4 nitrogen and oxygen atoms in total. The molecular weight excluding hydrogens is 240 g/mol. The Kier molecular flexibility index (Phi) is 3.51. The minimum Gasteiger partial charge on any atom is -0.479 e. The molecule has 19 heavy (non-hydrogen) atoms. The molecule has 4 heteroatoms. The summed E-state index contributed by atoms with van der Waals surface area (Å²) in [5.74, 6) is -0.941. The van der Waals surface area contributed by atoms with Crippen molar-refractivity contribution in [1.29, 1.82) is 0 Å². The summed E-state index contributed by atoms with van der Waals surface area (Å²) in [6, 6.07) is 11.1. The maximum absolute atomic E-state index is 11.6. The Labute approximate surface area is 112 Å². The molecule has 0 aliphatic carbocycles. The highest BCUT2D eigenvalue weighted by Crippen LogP contribution is 2.27. The van der Waals surface area contributed by atoms with Crippen LogP contribution in [0.25, 0.3) is 0 Å². The summed E-state index contributed by atoms with van der Waals surface area (Å²) < 4.78 is 0. The van der Waals surface area contributed by atoms with Crippen molar-refractivity contribution in [1.82, 2.24) is 4.98 Å². The molecule has 2 aromatic rings. The van der Waals surface area contributed by atoms with E-state index in [0.29, 0.717) is 5.56 Å². The second-order valence-corrected chi connectivity index (χ2v) is 4.61. The molecule has 0 radical (unpaired) electrons. The van der Waals surface area contributed by atoms with Crippen molar-refractivity contribution in [2.45, 2.75) is 19.4 Å². The van der Waals surface area contributed by atoms with E-state index in [1.54, 1.807) is 31.5 Å². The van der Waals surface area contributed by atoms with Crippen LogP contribution in [0.1, 0.15) is 18.1 Å². The van der Waals surface area contributed by atoms with Gasteiger partial charge in [-0.3, -0.25) is 4.98 Å². The number of carboxylic acids is 1. The topological polar surface area (TPSA) is 62.2 Å². The highest BCUT2D eigenvalue weighted by Gasteiger charge is 2.35. The van der Waals surface area contributed by atoms with Crippen molar-refractivity contribution in [3.05, 3.63) is 59.9 Å². The van der Waals surface area contributed by atoms with Crippen molar-refractivity contribution in [2.75, 3.05) is 5.32 Å². The van der Waals surface area contributed by atoms with Gasteiger partial charge in [0.1, 0.15) is 0 Å². The molecule has 0 spiro atoms. The van der Waals surface area contributed by atoms with Crippen LogP contribution in [0.15, 0.2) is 48.8 Å². The Bertz CT molecular complexity index is 584. The lowest BCUT2D eigenvalue weighted by atomic mass is 9.92. The number of aryl methyl sites for hydroxylation is 1. The molecule has 98 valence electrons. The molecular formula is C15H16N2O2. The number of carboxylic acid groups (broad SMARTS) is 1. The Morgan fingerprint density at radius 1 is 1.26 bits per heavy atom. The molecule has 1 aromatic heterocycles. The van der Waals surface area contributed by atoms with Crippen LogP contribution in [0, 0.1) is 6.92 Å². The fourth-order valence-corrected chi connectivity index (χ4v) is 1.89. The maximum atomic E-state index is 11.6. The number of nitrogens with one attached hydrogen (secondary N) is 1. The number of para-hydroxylation sites is 1. The van der Waals surface area contributed by atoms with Crippen molar-refractivity contribution in [2.24, 2.45) is 0 Å². The van der Waals surface area contributed by atoms with Gasteiger partial charge in [0.2, 0.25) is 0 Å². The lowest BCUT2D eigenvalue weighted by Gasteiger charge is -2.28. The minimum absolute atomic E-state index is 0.616. The zero-order valence-corrected chi connectivity index (χ0v) is 10.9. The van der Waals surface area contributed by atoms with E-state index in [-0.39, 0.29) is 0 Å². The number of hydrogen-bond donors (Lipinski definition) is 2. The van der Waals surface area contributed by atoms with E-state index in [4.69, 9.17) is 0 Å². The highest BCUT2D eigenvalue weighted by molar-refractivity contribution is 5.84. The van der Waals surface area contributed by atoms with E-state index in [9.17, 15) is 9.90 Å².